The molecule has 2 aromatic carbocycles. The van der Waals surface area contributed by atoms with Crippen molar-refractivity contribution in [3.8, 4) is 5.75 Å². The van der Waals surface area contributed by atoms with Gasteiger partial charge in [0.15, 0.2) is 0 Å². The molecule has 296 valence electrons. The van der Waals surface area contributed by atoms with E-state index in [2.05, 4.69) is 26.3 Å². The number of nitrogens with two attached hydrogens (primary N) is 1. The monoisotopic (exact) mass is 750 g/mol. The van der Waals surface area contributed by atoms with E-state index in [4.69, 9.17) is 15.2 Å². The number of carbonyl (C=O) groups excluding carboxylic acids is 4. The van der Waals surface area contributed by atoms with E-state index in [-0.39, 0.29) is 31.4 Å². The van der Waals surface area contributed by atoms with E-state index in [0.29, 0.717) is 18.6 Å². The van der Waals surface area contributed by atoms with Gasteiger partial charge in [-0.25, -0.2) is 9.59 Å². The maximum atomic E-state index is 14.1. The van der Waals surface area contributed by atoms with Gasteiger partial charge in [0, 0.05) is 30.1 Å². The van der Waals surface area contributed by atoms with Gasteiger partial charge in [-0.2, -0.15) is 0 Å². The molecular weight excluding hydrogens is 692 g/mol. The molecular formula is C40H58N6O8. The molecule has 0 bridgehead atoms. The molecule has 0 aliphatic carbocycles. The Kier molecular flexibility index (Phi) is 15.5. The molecule has 0 aliphatic rings. The van der Waals surface area contributed by atoms with Crippen LogP contribution in [0.3, 0.4) is 0 Å². The molecule has 0 saturated heterocycles. The number of nitrogens with one attached hydrogen (secondary N) is 5. The lowest BCUT2D eigenvalue weighted by Crippen LogP contribution is -2.58. The van der Waals surface area contributed by atoms with Crippen LogP contribution in [0.15, 0.2) is 54.7 Å². The van der Waals surface area contributed by atoms with Gasteiger partial charge < -0.3 is 46.6 Å². The predicted octanol–water partition coefficient (Wildman–Crippen LogP) is 4.35. The molecule has 4 amide bonds. The highest BCUT2D eigenvalue weighted by Crippen LogP contribution is 2.21. The second kappa shape index (κ2) is 19.3. The fraction of sp³-hybridized carbons (Fsp3) is 0.525. The van der Waals surface area contributed by atoms with Crippen LogP contribution < -0.4 is 31.7 Å². The first-order valence-electron chi connectivity index (χ1n) is 18.4. The highest BCUT2D eigenvalue weighted by Gasteiger charge is 2.32. The number of unbranched alkanes of at least 4 members (excludes halogenated alkanes) is 1. The third kappa shape index (κ3) is 14.4. The van der Waals surface area contributed by atoms with E-state index in [9.17, 15) is 29.1 Å². The Morgan fingerprint density at radius 2 is 1.43 bits per heavy atom. The van der Waals surface area contributed by atoms with Crippen molar-refractivity contribution in [1.29, 1.82) is 0 Å². The minimum Gasteiger partial charge on any atom is -0.488 e. The number of aromatic amines is 1. The van der Waals surface area contributed by atoms with Crippen molar-refractivity contribution >= 4 is 40.7 Å². The number of benzene rings is 2. The first kappa shape index (κ1) is 43.3. The molecule has 0 spiro atoms. The quantitative estimate of drug-likeness (QED) is 0.0920. The van der Waals surface area contributed by atoms with Crippen LogP contribution in [-0.2, 0) is 36.8 Å². The highest BCUT2D eigenvalue weighted by molar-refractivity contribution is 5.95. The molecule has 0 aliphatic heterocycles. The molecule has 3 rings (SSSR count). The second-order valence-corrected chi connectivity index (χ2v) is 15.8. The van der Waals surface area contributed by atoms with Crippen molar-refractivity contribution in [1.82, 2.24) is 26.3 Å². The van der Waals surface area contributed by atoms with E-state index >= 15 is 0 Å². The van der Waals surface area contributed by atoms with Gasteiger partial charge in [-0.05, 0) is 102 Å². The lowest BCUT2D eigenvalue weighted by Gasteiger charge is -2.26. The van der Waals surface area contributed by atoms with Crippen LogP contribution in [0.4, 0.5) is 4.79 Å². The van der Waals surface area contributed by atoms with Gasteiger partial charge in [-0.15, -0.1) is 0 Å². The van der Waals surface area contributed by atoms with Crippen LogP contribution >= 0.6 is 0 Å². The van der Waals surface area contributed by atoms with Crippen molar-refractivity contribution in [3.05, 3.63) is 65.9 Å². The van der Waals surface area contributed by atoms with Crippen LogP contribution in [0.25, 0.3) is 10.9 Å². The Morgan fingerprint density at radius 1 is 0.796 bits per heavy atom. The largest absolute Gasteiger partial charge is 0.488 e. The fourth-order valence-electron chi connectivity index (χ4n) is 5.69. The maximum absolute atomic E-state index is 14.1. The minimum atomic E-state index is -1.21. The van der Waals surface area contributed by atoms with Gasteiger partial charge in [0.2, 0.25) is 17.7 Å². The van der Waals surface area contributed by atoms with Gasteiger partial charge in [0.1, 0.15) is 35.1 Å². The Bertz CT molecular complexity index is 1720. The normalized spacial score (nSPS) is 14.0. The Labute approximate surface area is 317 Å². The summed E-state index contributed by atoms with van der Waals surface area (Å²) in [5.41, 5.74) is 7.74. The average Bonchev–Trinajstić information content (AvgIpc) is 3.47. The van der Waals surface area contributed by atoms with Gasteiger partial charge >= 0.3 is 12.1 Å². The van der Waals surface area contributed by atoms with E-state index in [1.807, 2.05) is 69.3 Å². The summed E-state index contributed by atoms with van der Waals surface area (Å²) in [4.78, 5) is 68.4. The molecule has 4 atom stereocenters. The molecule has 3 aromatic rings. The number of H-pyrrole nitrogens is 1. The molecule has 1 aromatic heterocycles. The number of amides is 4. The number of aliphatic carboxylic acids is 1. The molecule has 0 radical (unpaired) electrons. The Hall–Kier alpha value is -5.11. The van der Waals surface area contributed by atoms with Crippen molar-refractivity contribution in [2.75, 3.05) is 6.54 Å². The van der Waals surface area contributed by atoms with Crippen molar-refractivity contribution in [3.63, 3.8) is 0 Å². The summed E-state index contributed by atoms with van der Waals surface area (Å²) >= 11 is 0. The maximum Gasteiger partial charge on any atom is 0.407 e. The number of carbonyl (C=O) groups is 5. The number of alkyl carbamates (subject to hydrolysis) is 1. The Balaban J connectivity index is 1.80. The molecule has 8 N–H and O–H groups in total. The first-order valence-corrected chi connectivity index (χ1v) is 18.4. The third-order valence-electron chi connectivity index (χ3n) is 8.32. The van der Waals surface area contributed by atoms with E-state index < -0.39 is 65.5 Å². The zero-order valence-corrected chi connectivity index (χ0v) is 32.7. The lowest BCUT2D eigenvalue weighted by molar-refractivity contribution is -0.143. The van der Waals surface area contributed by atoms with Crippen LogP contribution in [-0.4, -0.2) is 81.8 Å². The van der Waals surface area contributed by atoms with E-state index in [1.54, 1.807) is 40.8 Å². The SMILES string of the molecule is CC(C)[C@H](NC(=O)[C@H](CCCCNC(=O)OC(C)(C)C)NC(=O)[C@@H](Cc1c[nH]c2ccccc12)NC(=O)[C@@H](N)Cc1ccc(OC(C)(C)C)cc1)C(=O)O. The van der Waals surface area contributed by atoms with Crippen LogP contribution in [0.2, 0.25) is 0 Å². The summed E-state index contributed by atoms with van der Waals surface area (Å²) in [5.74, 6) is -2.85. The van der Waals surface area contributed by atoms with Gasteiger partial charge in [0.05, 0.1) is 6.04 Å². The predicted molar refractivity (Wildman–Crippen MR) is 207 cm³/mol. The zero-order valence-electron chi connectivity index (χ0n) is 32.7. The number of aromatic nitrogens is 1. The second-order valence-electron chi connectivity index (χ2n) is 15.8. The van der Waals surface area contributed by atoms with Crippen LogP contribution in [0, 0.1) is 5.92 Å². The number of hydrogen-bond acceptors (Lipinski definition) is 8. The summed E-state index contributed by atoms with van der Waals surface area (Å²) in [7, 11) is 0. The smallest absolute Gasteiger partial charge is 0.407 e. The van der Waals surface area contributed by atoms with Gasteiger partial charge in [-0.1, -0.05) is 44.2 Å². The Morgan fingerprint density at radius 3 is 2.04 bits per heavy atom. The van der Waals surface area contributed by atoms with Gasteiger partial charge in [-0.3, -0.25) is 14.4 Å². The molecule has 54 heavy (non-hydrogen) atoms. The number of ether oxygens (including phenoxy) is 2. The topological polar surface area (TPSA) is 214 Å². The standard InChI is InChI=1S/C40H58N6O8/c1-24(2)33(37(50)51)46-35(48)31(15-11-12-20-42-38(52)54-40(6,7)8)44-36(49)32(22-26-23-43-30-14-10-9-13-28(26)30)45-34(47)29(41)21-25-16-18-27(19-17-25)53-39(3,4)5/h9-10,13-14,16-19,23-24,29,31-33,43H,11-12,15,20-22,41H2,1-8H3,(H,42,52)(H,44,49)(H,45,47)(H,46,48)(H,50,51)/t29-,31-,32+,33-/m0/s1. The summed E-state index contributed by atoms with van der Waals surface area (Å²) < 4.78 is 11.2. The molecule has 0 fully saturated rings. The highest BCUT2D eigenvalue weighted by atomic mass is 16.6. The number of hydrogen-bond donors (Lipinski definition) is 7. The van der Waals surface area contributed by atoms with E-state index in [0.717, 1.165) is 22.0 Å². The molecule has 1 heterocycles. The number of rotatable bonds is 18. The van der Waals surface area contributed by atoms with Crippen molar-refractivity contribution < 1.29 is 38.6 Å². The first-order chi connectivity index (χ1) is 25.2. The molecule has 0 saturated carbocycles. The number of carboxylic acids is 1. The number of carboxylic acid groups (broad SMARTS) is 1. The molecule has 0 unspecified atom stereocenters. The number of fused-ring (bicyclic) bond motifs is 1. The summed E-state index contributed by atoms with van der Waals surface area (Å²) in [6.07, 6.45) is 2.41. The summed E-state index contributed by atoms with van der Waals surface area (Å²) in [5, 5.41) is 21.4. The van der Waals surface area contributed by atoms with Gasteiger partial charge in [0.25, 0.3) is 0 Å². The zero-order chi connectivity index (χ0) is 40.2. The van der Waals surface area contributed by atoms with Crippen molar-refractivity contribution in [2.45, 2.75) is 123 Å². The molecule has 14 nitrogen and oxygen atoms in total. The van der Waals surface area contributed by atoms with Crippen LogP contribution in [0.1, 0.15) is 85.8 Å². The van der Waals surface area contributed by atoms with Crippen molar-refractivity contribution in [2.24, 2.45) is 11.7 Å². The number of para-hydroxylation sites is 1. The molecule has 14 heteroatoms. The third-order valence-corrected chi connectivity index (χ3v) is 8.32. The van der Waals surface area contributed by atoms with Crippen LogP contribution in [0.5, 0.6) is 5.75 Å². The minimum absolute atomic E-state index is 0.0744. The lowest BCUT2D eigenvalue weighted by atomic mass is 10.0. The summed E-state index contributed by atoms with van der Waals surface area (Å²) in [6.45, 7) is 14.7. The van der Waals surface area contributed by atoms with E-state index in [1.165, 1.54) is 0 Å². The average molecular weight is 751 g/mol. The fourth-order valence-corrected chi connectivity index (χ4v) is 5.69. The summed E-state index contributed by atoms with van der Waals surface area (Å²) in [6, 6.07) is 10.3.